The van der Waals surface area contributed by atoms with Crippen molar-refractivity contribution in [1.29, 1.82) is 0 Å². The van der Waals surface area contributed by atoms with Gasteiger partial charge in [0.2, 0.25) is 10.0 Å². The minimum Gasteiger partial charge on any atom is -0.383 e. The fraction of sp³-hybridized carbons (Fsp3) is 0.571. The lowest BCUT2D eigenvalue weighted by Gasteiger charge is -2.32. The van der Waals surface area contributed by atoms with Crippen molar-refractivity contribution in [2.75, 3.05) is 25.5 Å². The summed E-state index contributed by atoms with van der Waals surface area (Å²) in [6.07, 6.45) is 3.69. The molecule has 5 nitrogen and oxygen atoms in total. The molecule has 0 spiro atoms. The zero-order valence-electron chi connectivity index (χ0n) is 12.1. The lowest BCUT2D eigenvalue weighted by Crippen LogP contribution is -2.40. The summed E-state index contributed by atoms with van der Waals surface area (Å²) in [6, 6.07) is 5.80. The van der Waals surface area contributed by atoms with Gasteiger partial charge in [-0.1, -0.05) is 12.5 Å². The number of likely N-dealkylation sites (tertiary alicyclic amines) is 1. The number of nitrogens with zero attached hydrogens (tertiary/aromatic N) is 1. The smallest absolute Gasteiger partial charge is 0.238 e. The third kappa shape index (κ3) is 3.71. The van der Waals surface area contributed by atoms with Gasteiger partial charge in [0.05, 0.1) is 4.90 Å². The van der Waals surface area contributed by atoms with Gasteiger partial charge < -0.3 is 10.2 Å². The summed E-state index contributed by atoms with van der Waals surface area (Å²) < 4.78 is 23.0. The van der Waals surface area contributed by atoms with Crippen molar-refractivity contribution in [2.24, 2.45) is 5.14 Å². The van der Waals surface area contributed by atoms with Crippen LogP contribution in [0.3, 0.4) is 0 Å². The van der Waals surface area contributed by atoms with E-state index in [4.69, 9.17) is 5.14 Å². The highest BCUT2D eigenvalue weighted by Gasteiger charge is 2.18. The number of piperidine rings is 1. The Balaban J connectivity index is 2.07. The molecule has 1 unspecified atom stereocenters. The Hall–Kier alpha value is -1.11. The standard InChI is InChI=1S/C14H23N3O2S/c1-11-6-7-12(9-14(11)20(15,18)19)16-10-13-5-3-4-8-17(13)2/h6-7,9,13,16H,3-5,8,10H2,1-2H3,(H2,15,18,19). The predicted octanol–water partition coefficient (Wildman–Crippen LogP) is 1.54. The normalized spacial score (nSPS) is 20.9. The fourth-order valence-corrected chi connectivity index (χ4v) is 3.46. The first kappa shape index (κ1) is 15.3. The molecular weight excluding hydrogens is 274 g/mol. The van der Waals surface area contributed by atoms with E-state index in [1.165, 1.54) is 19.3 Å². The third-order valence-electron chi connectivity index (χ3n) is 3.96. The second-order valence-electron chi connectivity index (χ2n) is 5.54. The minimum atomic E-state index is -3.66. The molecule has 1 aliphatic heterocycles. The van der Waals surface area contributed by atoms with Crippen LogP contribution in [0.5, 0.6) is 0 Å². The van der Waals surface area contributed by atoms with Crippen LogP contribution in [0.25, 0.3) is 0 Å². The van der Waals surface area contributed by atoms with Crippen molar-refractivity contribution in [2.45, 2.75) is 37.1 Å². The largest absolute Gasteiger partial charge is 0.383 e. The molecule has 1 fully saturated rings. The van der Waals surface area contributed by atoms with Crippen molar-refractivity contribution in [1.82, 2.24) is 4.90 Å². The Kier molecular flexibility index (Phi) is 4.67. The molecule has 20 heavy (non-hydrogen) atoms. The van der Waals surface area contributed by atoms with E-state index < -0.39 is 10.0 Å². The molecule has 1 aromatic rings. The van der Waals surface area contributed by atoms with Crippen LogP contribution >= 0.6 is 0 Å². The zero-order valence-corrected chi connectivity index (χ0v) is 12.9. The molecule has 3 N–H and O–H groups in total. The van der Waals surface area contributed by atoms with Crippen molar-refractivity contribution < 1.29 is 8.42 Å². The first-order chi connectivity index (χ1) is 9.38. The van der Waals surface area contributed by atoms with Gasteiger partial charge in [-0.25, -0.2) is 13.6 Å². The summed E-state index contributed by atoms with van der Waals surface area (Å²) in [5, 5.41) is 8.55. The van der Waals surface area contributed by atoms with Gasteiger partial charge in [0, 0.05) is 18.3 Å². The lowest BCUT2D eigenvalue weighted by molar-refractivity contribution is 0.194. The van der Waals surface area contributed by atoms with Crippen molar-refractivity contribution in [3.8, 4) is 0 Å². The van der Waals surface area contributed by atoms with Crippen LogP contribution in [0.15, 0.2) is 23.1 Å². The SMILES string of the molecule is Cc1ccc(NCC2CCCCN2C)cc1S(N)(=O)=O. The molecule has 0 radical (unpaired) electrons. The number of aryl methyl sites for hydroxylation is 1. The van der Waals surface area contributed by atoms with E-state index in [2.05, 4.69) is 17.3 Å². The topological polar surface area (TPSA) is 75.4 Å². The number of sulfonamides is 1. The van der Waals surface area contributed by atoms with E-state index in [0.717, 1.165) is 18.8 Å². The number of nitrogens with one attached hydrogen (secondary N) is 1. The van der Waals surface area contributed by atoms with Gasteiger partial charge in [-0.3, -0.25) is 0 Å². The Bertz CT molecular complexity index is 572. The molecule has 0 bridgehead atoms. The van der Waals surface area contributed by atoms with E-state index in [0.29, 0.717) is 11.6 Å². The van der Waals surface area contributed by atoms with Gasteiger partial charge in [0.1, 0.15) is 0 Å². The maximum absolute atomic E-state index is 11.5. The van der Waals surface area contributed by atoms with Gasteiger partial charge >= 0.3 is 0 Å². The number of primary sulfonamides is 1. The van der Waals surface area contributed by atoms with E-state index in [1.807, 2.05) is 6.07 Å². The average Bonchev–Trinajstić information content (AvgIpc) is 2.38. The van der Waals surface area contributed by atoms with Gasteiger partial charge in [-0.15, -0.1) is 0 Å². The summed E-state index contributed by atoms with van der Waals surface area (Å²) >= 11 is 0. The quantitative estimate of drug-likeness (QED) is 0.884. The predicted molar refractivity (Wildman–Crippen MR) is 81.3 cm³/mol. The summed E-state index contributed by atoms with van der Waals surface area (Å²) in [5.41, 5.74) is 1.48. The molecule has 0 saturated carbocycles. The molecule has 2 rings (SSSR count). The van der Waals surface area contributed by atoms with Crippen molar-refractivity contribution >= 4 is 15.7 Å². The van der Waals surface area contributed by atoms with Crippen molar-refractivity contribution in [3.05, 3.63) is 23.8 Å². The molecule has 0 amide bonds. The highest BCUT2D eigenvalue weighted by molar-refractivity contribution is 7.89. The Labute approximate surface area is 121 Å². The van der Waals surface area contributed by atoms with Crippen LogP contribution < -0.4 is 10.5 Å². The first-order valence-corrected chi connectivity index (χ1v) is 8.50. The number of likely N-dealkylation sites (N-methyl/N-ethyl adjacent to an activating group) is 1. The first-order valence-electron chi connectivity index (χ1n) is 6.95. The fourth-order valence-electron chi connectivity index (χ4n) is 2.65. The van der Waals surface area contributed by atoms with Crippen LogP contribution in [0.1, 0.15) is 24.8 Å². The molecule has 1 aromatic carbocycles. The van der Waals surface area contributed by atoms with Gasteiger partial charge in [0.25, 0.3) is 0 Å². The minimum absolute atomic E-state index is 0.194. The molecule has 6 heteroatoms. The van der Waals surface area contributed by atoms with E-state index in [9.17, 15) is 8.42 Å². The van der Waals surface area contributed by atoms with Crippen molar-refractivity contribution in [3.63, 3.8) is 0 Å². The summed E-state index contributed by atoms with van der Waals surface area (Å²) in [7, 11) is -1.53. The molecule has 1 heterocycles. The second kappa shape index (κ2) is 6.11. The third-order valence-corrected chi connectivity index (χ3v) is 5.01. The molecule has 1 atom stereocenters. The Morgan fingerprint density at radius 1 is 1.40 bits per heavy atom. The summed E-state index contributed by atoms with van der Waals surface area (Å²) in [4.78, 5) is 2.55. The highest BCUT2D eigenvalue weighted by Crippen LogP contribution is 2.20. The number of rotatable bonds is 4. The van der Waals surface area contributed by atoms with Gasteiger partial charge in [-0.2, -0.15) is 0 Å². The molecule has 0 aliphatic carbocycles. The number of benzene rings is 1. The van der Waals surface area contributed by atoms with Crippen LogP contribution in [0.4, 0.5) is 5.69 Å². The van der Waals surface area contributed by atoms with Crippen LogP contribution in [-0.2, 0) is 10.0 Å². The molecule has 1 saturated heterocycles. The van der Waals surface area contributed by atoms with E-state index >= 15 is 0 Å². The number of hydrogen-bond acceptors (Lipinski definition) is 4. The summed E-state index contributed by atoms with van der Waals surface area (Å²) in [5.74, 6) is 0. The highest BCUT2D eigenvalue weighted by atomic mass is 32.2. The molecule has 0 aromatic heterocycles. The molecular formula is C14H23N3O2S. The zero-order chi connectivity index (χ0) is 14.8. The maximum Gasteiger partial charge on any atom is 0.238 e. The van der Waals surface area contributed by atoms with Crippen LogP contribution in [0.2, 0.25) is 0 Å². The van der Waals surface area contributed by atoms with Gasteiger partial charge in [0.15, 0.2) is 0 Å². The van der Waals surface area contributed by atoms with Crippen LogP contribution in [-0.4, -0.2) is 39.5 Å². The Morgan fingerprint density at radius 2 is 2.15 bits per heavy atom. The Morgan fingerprint density at radius 3 is 2.80 bits per heavy atom. The van der Waals surface area contributed by atoms with E-state index in [1.54, 1.807) is 19.1 Å². The number of nitrogens with two attached hydrogens (primary N) is 1. The maximum atomic E-state index is 11.5. The molecule has 112 valence electrons. The second-order valence-corrected chi connectivity index (χ2v) is 7.07. The van der Waals surface area contributed by atoms with Gasteiger partial charge in [-0.05, 0) is 51.1 Å². The van der Waals surface area contributed by atoms with Crippen LogP contribution in [0, 0.1) is 6.92 Å². The number of hydrogen-bond donors (Lipinski definition) is 2. The van der Waals surface area contributed by atoms with E-state index in [-0.39, 0.29) is 4.90 Å². The number of anilines is 1. The lowest BCUT2D eigenvalue weighted by atomic mass is 10.0. The summed E-state index contributed by atoms with van der Waals surface area (Å²) in [6.45, 7) is 3.70. The monoisotopic (exact) mass is 297 g/mol. The molecule has 1 aliphatic rings. The average molecular weight is 297 g/mol.